The van der Waals surface area contributed by atoms with Crippen LogP contribution in [0.5, 0.6) is 0 Å². The van der Waals surface area contributed by atoms with Crippen molar-refractivity contribution >= 4 is 5.91 Å². The third-order valence-electron chi connectivity index (χ3n) is 4.78. The quantitative estimate of drug-likeness (QED) is 0.873. The molecule has 4 nitrogen and oxygen atoms in total. The molecule has 1 fully saturated rings. The molecule has 0 bridgehead atoms. The van der Waals surface area contributed by atoms with Crippen LogP contribution in [0.2, 0.25) is 0 Å². The second-order valence-electron chi connectivity index (χ2n) is 6.13. The normalized spacial score (nSPS) is 19.3. The van der Waals surface area contributed by atoms with E-state index in [1.165, 1.54) is 5.56 Å². The molecule has 1 atom stereocenters. The zero-order chi connectivity index (χ0) is 15.5. The molecule has 1 aromatic carbocycles. The molecule has 0 aliphatic carbocycles. The summed E-state index contributed by atoms with van der Waals surface area (Å²) >= 11 is 0. The maximum atomic E-state index is 12.4. The zero-order valence-corrected chi connectivity index (χ0v) is 13.3. The summed E-state index contributed by atoms with van der Waals surface area (Å²) < 4.78 is 1.87. The van der Waals surface area contributed by atoms with Gasteiger partial charge in [-0.25, -0.2) is 0 Å². The van der Waals surface area contributed by atoms with Crippen molar-refractivity contribution in [3.8, 4) is 0 Å². The lowest BCUT2D eigenvalue weighted by molar-refractivity contribution is -0.131. The van der Waals surface area contributed by atoms with Crippen LogP contribution in [-0.4, -0.2) is 27.1 Å². The molecule has 1 aliphatic rings. The first-order valence-corrected chi connectivity index (χ1v) is 7.95. The summed E-state index contributed by atoms with van der Waals surface area (Å²) in [5.41, 5.74) is 3.64. The molecule has 3 rings (SSSR count). The second-order valence-corrected chi connectivity index (χ2v) is 6.13. The predicted octanol–water partition coefficient (Wildman–Crippen LogP) is 3.02. The summed E-state index contributed by atoms with van der Waals surface area (Å²) in [5.74, 6) is 0.756. The molecule has 1 unspecified atom stereocenters. The maximum Gasteiger partial charge on any atom is 0.222 e. The molecule has 116 valence electrons. The minimum Gasteiger partial charge on any atom is -0.338 e. The molecule has 0 spiro atoms. The molecule has 2 heterocycles. The summed E-state index contributed by atoms with van der Waals surface area (Å²) in [6.07, 6.45) is 4.50. The Kier molecular flexibility index (Phi) is 4.27. The van der Waals surface area contributed by atoms with Crippen molar-refractivity contribution in [3.05, 3.63) is 53.3 Å². The third-order valence-corrected chi connectivity index (χ3v) is 4.78. The van der Waals surface area contributed by atoms with E-state index in [9.17, 15) is 4.79 Å². The molecule has 0 radical (unpaired) electrons. The van der Waals surface area contributed by atoms with E-state index in [0.717, 1.165) is 30.6 Å². The van der Waals surface area contributed by atoms with Gasteiger partial charge in [-0.05, 0) is 31.2 Å². The topological polar surface area (TPSA) is 38.1 Å². The highest BCUT2D eigenvalue weighted by atomic mass is 16.2. The number of rotatable bonds is 3. The van der Waals surface area contributed by atoms with Crippen LogP contribution in [0.25, 0.3) is 0 Å². The van der Waals surface area contributed by atoms with E-state index >= 15 is 0 Å². The third kappa shape index (κ3) is 3.06. The molecule has 22 heavy (non-hydrogen) atoms. The lowest BCUT2D eigenvalue weighted by Gasteiger charge is -2.20. The fourth-order valence-electron chi connectivity index (χ4n) is 3.17. The number of aromatic nitrogens is 2. The number of benzene rings is 1. The lowest BCUT2D eigenvalue weighted by Crippen LogP contribution is -2.29. The Morgan fingerprint density at radius 2 is 2.00 bits per heavy atom. The summed E-state index contributed by atoms with van der Waals surface area (Å²) in [6.45, 7) is 3.56. The van der Waals surface area contributed by atoms with E-state index in [4.69, 9.17) is 0 Å². The van der Waals surface area contributed by atoms with Gasteiger partial charge in [0.05, 0.1) is 6.20 Å². The molecule has 2 aromatic rings. The van der Waals surface area contributed by atoms with Gasteiger partial charge >= 0.3 is 0 Å². The molecule has 1 amide bonds. The molecular weight excluding hydrogens is 274 g/mol. The predicted molar refractivity (Wildman–Crippen MR) is 86.4 cm³/mol. The first-order chi connectivity index (χ1) is 10.6. The van der Waals surface area contributed by atoms with Gasteiger partial charge in [0.2, 0.25) is 5.91 Å². The molecule has 1 aliphatic heterocycles. The average molecular weight is 297 g/mol. The van der Waals surface area contributed by atoms with Gasteiger partial charge in [0.25, 0.3) is 0 Å². The van der Waals surface area contributed by atoms with Gasteiger partial charge in [-0.2, -0.15) is 5.10 Å². The Hall–Kier alpha value is -2.10. The fraction of sp³-hybridized carbons (Fsp3) is 0.444. The second kappa shape index (κ2) is 6.34. The monoisotopic (exact) mass is 297 g/mol. The SMILES string of the molecule is Cc1c(CN2CCC(c3ccccc3)CCC2=O)cnn1C. The Morgan fingerprint density at radius 1 is 1.23 bits per heavy atom. The largest absolute Gasteiger partial charge is 0.338 e. The highest BCUT2D eigenvalue weighted by Crippen LogP contribution is 2.29. The van der Waals surface area contributed by atoms with Crippen LogP contribution in [0.1, 0.15) is 42.0 Å². The van der Waals surface area contributed by atoms with Crippen molar-refractivity contribution in [1.82, 2.24) is 14.7 Å². The van der Waals surface area contributed by atoms with Crippen molar-refractivity contribution in [3.63, 3.8) is 0 Å². The molecule has 4 heteroatoms. The summed E-state index contributed by atoms with van der Waals surface area (Å²) in [5, 5.41) is 4.27. The zero-order valence-electron chi connectivity index (χ0n) is 13.3. The number of carbonyl (C=O) groups is 1. The van der Waals surface area contributed by atoms with Gasteiger partial charge in [0.15, 0.2) is 0 Å². The van der Waals surface area contributed by atoms with Gasteiger partial charge < -0.3 is 4.90 Å². The summed E-state index contributed by atoms with van der Waals surface area (Å²) in [7, 11) is 1.94. The Balaban J connectivity index is 1.70. The molecule has 1 saturated heterocycles. The number of nitrogens with zero attached hydrogens (tertiary/aromatic N) is 3. The van der Waals surface area contributed by atoms with Crippen molar-refractivity contribution in [2.75, 3.05) is 6.54 Å². The van der Waals surface area contributed by atoms with Gasteiger partial charge in [-0.3, -0.25) is 9.48 Å². The molecule has 0 saturated carbocycles. The number of hydrogen-bond acceptors (Lipinski definition) is 2. The van der Waals surface area contributed by atoms with Crippen LogP contribution in [-0.2, 0) is 18.4 Å². The van der Waals surface area contributed by atoms with E-state index in [0.29, 0.717) is 18.9 Å². The number of carbonyl (C=O) groups excluding carboxylic acids is 1. The van der Waals surface area contributed by atoms with Crippen LogP contribution in [0.15, 0.2) is 36.5 Å². The van der Waals surface area contributed by atoms with E-state index in [1.807, 2.05) is 28.9 Å². The Labute approximate surface area is 131 Å². The Morgan fingerprint density at radius 3 is 2.68 bits per heavy atom. The highest BCUT2D eigenvalue weighted by molar-refractivity contribution is 5.76. The van der Waals surface area contributed by atoms with Gasteiger partial charge in [-0.15, -0.1) is 0 Å². The van der Waals surface area contributed by atoms with Gasteiger partial charge in [-0.1, -0.05) is 30.3 Å². The highest BCUT2D eigenvalue weighted by Gasteiger charge is 2.24. The average Bonchev–Trinajstić information content (AvgIpc) is 2.74. The van der Waals surface area contributed by atoms with Crippen LogP contribution < -0.4 is 0 Å². The minimum atomic E-state index is 0.265. The molecular formula is C18H23N3O. The smallest absolute Gasteiger partial charge is 0.222 e. The standard InChI is InChI=1S/C18H23N3O/c1-14-17(12-19-20(14)2)13-21-11-10-16(8-9-18(21)22)15-6-4-3-5-7-15/h3-7,12,16H,8-11,13H2,1-2H3. The van der Waals surface area contributed by atoms with E-state index in [1.54, 1.807) is 0 Å². The summed E-state index contributed by atoms with van der Waals surface area (Å²) in [4.78, 5) is 14.4. The maximum absolute atomic E-state index is 12.4. The van der Waals surface area contributed by atoms with Crippen molar-refractivity contribution in [2.24, 2.45) is 7.05 Å². The number of likely N-dealkylation sites (tertiary alicyclic amines) is 1. The van der Waals surface area contributed by atoms with Crippen molar-refractivity contribution in [1.29, 1.82) is 0 Å². The van der Waals surface area contributed by atoms with Crippen LogP contribution in [0, 0.1) is 6.92 Å². The van der Waals surface area contributed by atoms with E-state index in [-0.39, 0.29) is 5.91 Å². The first kappa shape index (κ1) is 14.8. The minimum absolute atomic E-state index is 0.265. The van der Waals surface area contributed by atoms with Crippen molar-refractivity contribution in [2.45, 2.75) is 38.6 Å². The number of aryl methyl sites for hydroxylation is 1. The summed E-state index contributed by atoms with van der Waals surface area (Å²) in [6, 6.07) is 10.6. The molecule has 1 aromatic heterocycles. The lowest BCUT2D eigenvalue weighted by atomic mass is 9.92. The van der Waals surface area contributed by atoms with Crippen molar-refractivity contribution < 1.29 is 4.79 Å². The van der Waals surface area contributed by atoms with E-state index in [2.05, 4.69) is 36.3 Å². The van der Waals surface area contributed by atoms with Crippen LogP contribution >= 0.6 is 0 Å². The number of amides is 1. The van der Waals surface area contributed by atoms with Crippen LogP contribution in [0.4, 0.5) is 0 Å². The first-order valence-electron chi connectivity index (χ1n) is 7.95. The fourth-order valence-corrected chi connectivity index (χ4v) is 3.17. The van der Waals surface area contributed by atoms with Crippen LogP contribution in [0.3, 0.4) is 0 Å². The van der Waals surface area contributed by atoms with Gasteiger partial charge in [0, 0.05) is 37.8 Å². The number of hydrogen-bond donors (Lipinski definition) is 0. The van der Waals surface area contributed by atoms with Gasteiger partial charge in [0.1, 0.15) is 0 Å². The Bertz CT molecular complexity index is 648. The molecule has 0 N–H and O–H groups in total. The van der Waals surface area contributed by atoms with E-state index < -0.39 is 0 Å².